The van der Waals surface area contributed by atoms with Crippen LogP contribution in [0.25, 0.3) is 10.8 Å². The molecule has 1 aliphatic heterocycles. The Morgan fingerprint density at radius 1 is 1.11 bits per heavy atom. The first-order valence-electron chi connectivity index (χ1n) is 7.14. The molecule has 0 bridgehead atoms. The average Bonchev–Trinajstić information content (AvgIpc) is 3.20. The lowest BCUT2D eigenvalue weighted by Gasteiger charge is -2.20. The van der Waals surface area contributed by atoms with Gasteiger partial charge in [0.05, 0.1) is 12.1 Å². The molecule has 0 spiro atoms. The molecule has 0 radical (unpaired) electrons. The van der Waals surface area contributed by atoms with Crippen LogP contribution in [0.3, 0.4) is 0 Å². The van der Waals surface area contributed by atoms with Gasteiger partial charge in [0.15, 0.2) is 0 Å². The van der Waals surface area contributed by atoms with Gasteiger partial charge in [-0.2, -0.15) is 0 Å². The van der Waals surface area contributed by atoms with Gasteiger partial charge in [0, 0.05) is 18.2 Å². The molecule has 3 heteroatoms. The minimum atomic E-state index is 0.390. The summed E-state index contributed by atoms with van der Waals surface area (Å²) in [6.45, 7) is 0.879. The lowest BCUT2D eigenvalue weighted by Crippen LogP contribution is -2.31. The van der Waals surface area contributed by atoms with Crippen LogP contribution in [-0.2, 0) is 4.74 Å². The Morgan fingerprint density at radius 3 is 2.89 bits per heavy atom. The van der Waals surface area contributed by atoms with Crippen LogP contribution in [0.1, 0.15) is 19.3 Å². The predicted octanol–water partition coefficient (Wildman–Crippen LogP) is 3.21. The van der Waals surface area contributed by atoms with E-state index in [0.717, 1.165) is 24.8 Å². The topological polar surface area (TPSA) is 34.1 Å². The molecule has 2 heterocycles. The van der Waals surface area contributed by atoms with Gasteiger partial charge in [-0.3, -0.25) is 0 Å². The number of benzene rings is 1. The summed E-state index contributed by atoms with van der Waals surface area (Å²) in [5, 5.41) is 6.06. The first-order chi connectivity index (χ1) is 9.42. The van der Waals surface area contributed by atoms with Crippen molar-refractivity contribution >= 4 is 16.6 Å². The van der Waals surface area contributed by atoms with Gasteiger partial charge < -0.3 is 10.1 Å². The van der Waals surface area contributed by atoms with Crippen molar-refractivity contribution in [2.45, 2.75) is 31.4 Å². The standard InChI is InChI=1S/C16H18N2O/c1-2-4-13-11(3-1)7-9-17-16(13)18-14-8-10-19-15(14)12-5-6-12/h1-4,7,9,12,14-15H,5-6,8,10H2,(H,17,18). The molecule has 1 aliphatic carbocycles. The molecule has 1 aromatic carbocycles. The van der Waals surface area contributed by atoms with Crippen LogP contribution in [0.15, 0.2) is 36.5 Å². The third-order valence-electron chi connectivity index (χ3n) is 4.22. The summed E-state index contributed by atoms with van der Waals surface area (Å²) in [5.74, 6) is 1.77. The van der Waals surface area contributed by atoms with Crippen molar-refractivity contribution < 1.29 is 4.74 Å². The first-order valence-corrected chi connectivity index (χ1v) is 7.14. The van der Waals surface area contributed by atoms with Crippen molar-refractivity contribution in [1.82, 2.24) is 4.98 Å². The van der Waals surface area contributed by atoms with Crippen LogP contribution >= 0.6 is 0 Å². The smallest absolute Gasteiger partial charge is 0.134 e. The number of aromatic nitrogens is 1. The second-order valence-corrected chi connectivity index (χ2v) is 5.59. The fraction of sp³-hybridized carbons (Fsp3) is 0.438. The number of anilines is 1. The Morgan fingerprint density at radius 2 is 2.00 bits per heavy atom. The van der Waals surface area contributed by atoms with E-state index in [2.05, 4.69) is 40.6 Å². The van der Waals surface area contributed by atoms with E-state index >= 15 is 0 Å². The van der Waals surface area contributed by atoms with Crippen LogP contribution in [0.4, 0.5) is 5.82 Å². The molecule has 2 unspecified atom stereocenters. The van der Waals surface area contributed by atoms with Crippen molar-refractivity contribution in [3.8, 4) is 0 Å². The highest BCUT2D eigenvalue weighted by atomic mass is 16.5. The summed E-state index contributed by atoms with van der Waals surface area (Å²) < 4.78 is 5.88. The van der Waals surface area contributed by atoms with Gasteiger partial charge in [0.25, 0.3) is 0 Å². The van der Waals surface area contributed by atoms with E-state index < -0.39 is 0 Å². The third-order valence-corrected chi connectivity index (χ3v) is 4.22. The molecule has 1 aromatic heterocycles. The van der Waals surface area contributed by atoms with Crippen molar-refractivity contribution in [2.24, 2.45) is 5.92 Å². The summed E-state index contributed by atoms with van der Waals surface area (Å²) in [7, 11) is 0. The second-order valence-electron chi connectivity index (χ2n) is 5.59. The van der Waals surface area contributed by atoms with E-state index in [1.807, 2.05) is 6.20 Å². The molecule has 2 atom stereocenters. The molecule has 2 aliphatic rings. The maximum Gasteiger partial charge on any atom is 0.134 e. The number of fused-ring (bicyclic) bond motifs is 1. The molecular weight excluding hydrogens is 236 g/mol. The minimum Gasteiger partial charge on any atom is -0.376 e. The molecule has 2 fully saturated rings. The fourth-order valence-electron chi connectivity index (χ4n) is 3.07. The second kappa shape index (κ2) is 4.49. The third kappa shape index (κ3) is 2.08. The Labute approximate surface area is 113 Å². The van der Waals surface area contributed by atoms with E-state index in [-0.39, 0.29) is 0 Å². The molecule has 98 valence electrons. The SMILES string of the molecule is c1ccc2c(NC3CCOC3C3CC3)nccc2c1. The first kappa shape index (κ1) is 11.2. The molecule has 1 saturated heterocycles. The Bertz CT molecular complexity index is 589. The summed E-state index contributed by atoms with van der Waals surface area (Å²) in [6.07, 6.45) is 6.01. The van der Waals surface area contributed by atoms with Gasteiger partial charge in [-0.1, -0.05) is 24.3 Å². The number of nitrogens with one attached hydrogen (secondary N) is 1. The van der Waals surface area contributed by atoms with E-state index in [1.165, 1.54) is 23.6 Å². The summed E-state index contributed by atoms with van der Waals surface area (Å²) in [4.78, 5) is 4.52. The summed E-state index contributed by atoms with van der Waals surface area (Å²) >= 11 is 0. The minimum absolute atomic E-state index is 0.390. The van der Waals surface area contributed by atoms with E-state index in [1.54, 1.807) is 0 Å². The lowest BCUT2D eigenvalue weighted by molar-refractivity contribution is 0.0898. The number of hydrogen-bond acceptors (Lipinski definition) is 3. The molecule has 19 heavy (non-hydrogen) atoms. The maximum absolute atomic E-state index is 5.88. The van der Waals surface area contributed by atoms with Crippen LogP contribution in [0.2, 0.25) is 0 Å². The lowest BCUT2D eigenvalue weighted by atomic mass is 10.1. The number of pyridine rings is 1. The van der Waals surface area contributed by atoms with Gasteiger partial charge in [0.1, 0.15) is 5.82 Å². The zero-order valence-electron chi connectivity index (χ0n) is 10.9. The average molecular weight is 254 g/mol. The van der Waals surface area contributed by atoms with Crippen molar-refractivity contribution in [2.75, 3.05) is 11.9 Å². The van der Waals surface area contributed by atoms with Crippen molar-refractivity contribution in [3.05, 3.63) is 36.5 Å². The van der Waals surface area contributed by atoms with Crippen molar-refractivity contribution in [3.63, 3.8) is 0 Å². The number of ether oxygens (including phenoxy) is 1. The molecule has 0 amide bonds. The number of hydrogen-bond donors (Lipinski definition) is 1. The zero-order valence-corrected chi connectivity index (χ0v) is 10.9. The maximum atomic E-state index is 5.88. The van der Waals surface area contributed by atoms with Gasteiger partial charge in [-0.15, -0.1) is 0 Å². The highest BCUT2D eigenvalue weighted by Crippen LogP contribution is 2.39. The molecule has 4 rings (SSSR count). The monoisotopic (exact) mass is 254 g/mol. The molecule has 2 aromatic rings. The zero-order chi connectivity index (χ0) is 12.7. The van der Waals surface area contributed by atoms with E-state index in [4.69, 9.17) is 4.74 Å². The highest BCUT2D eigenvalue weighted by Gasteiger charge is 2.40. The molecule has 1 N–H and O–H groups in total. The van der Waals surface area contributed by atoms with E-state index in [0.29, 0.717) is 12.1 Å². The predicted molar refractivity (Wildman–Crippen MR) is 76.2 cm³/mol. The molecule has 1 saturated carbocycles. The number of rotatable bonds is 3. The van der Waals surface area contributed by atoms with Gasteiger partial charge in [-0.25, -0.2) is 4.98 Å². The van der Waals surface area contributed by atoms with Crippen LogP contribution in [0.5, 0.6) is 0 Å². The summed E-state index contributed by atoms with van der Waals surface area (Å²) in [6, 6.07) is 10.9. The largest absolute Gasteiger partial charge is 0.376 e. The van der Waals surface area contributed by atoms with Crippen LogP contribution in [0, 0.1) is 5.92 Å². The van der Waals surface area contributed by atoms with Crippen molar-refractivity contribution in [1.29, 1.82) is 0 Å². The van der Waals surface area contributed by atoms with Crippen LogP contribution < -0.4 is 5.32 Å². The Balaban J connectivity index is 1.64. The van der Waals surface area contributed by atoms with Gasteiger partial charge in [0.2, 0.25) is 0 Å². The van der Waals surface area contributed by atoms with Crippen LogP contribution in [-0.4, -0.2) is 23.7 Å². The highest BCUT2D eigenvalue weighted by molar-refractivity contribution is 5.91. The Kier molecular flexibility index (Phi) is 2.66. The van der Waals surface area contributed by atoms with Gasteiger partial charge >= 0.3 is 0 Å². The van der Waals surface area contributed by atoms with E-state index in [9.17, 15) is 0 Å². The quantitative estimate of drug-likeness (QED) is 0.913. The fourth-order valence-corrected chi connectivity index (χ4v) is 3.07. The number of nitrogens with zero attached hydrogens (tertiary/aromatic N) is 1. The molecular formula is C16H18N2O. The van der Waals surface area contributed by atoms with Gasteiger partial charge in [-0.05, 0) is 36.6 Å². The molecule has 3 nitrogen and oxygen atoms in total. The summed E-state index contributed by atoms with van der Waals surface area (Å²) in [5.41, 5.74) is 0. The Hall–Kier alpha value is -1.61. The normalized spacial score (nSPS) is 26.7.